The second-order valence-electron chi connectivity index (χ2n) is 1.62. The van der Waals surface area contributed by atoms with Crippen LogP contribution in [0.25, 0.3) is 0 Å². The van der Waals surface area contributed by atoms with Gasteiger partial charge in [-0.2, -0.15) is 0 Å². The fourth-order valence-electron chi connectivity index (χ4n) is 0.495. The molecule has 2 rings (SSSR count). The molecule has 0 atom stereocenters. The van der Waals surface area contributed by atoms with Crippen molar-refractivity contribution in [2.75, 3.05) is 13.6 Å². The first-order valence-electron chi connectivity index (χ1n) is 2.57. The quantitative estimate of drug-likeness (QED) is 0.513. The molecule has 2 aliphatic heterocycles. The third-order valence-corrected chi connectivity index (χ3v) is 1.04. The fraction of sp³-hybridized carbons (Fsp3) is 1.00. The Labute approximate surface area is 51.4 Å². The van der Waals surface area contributed by atoms with Gasteiger partial charge in [0.15, 0.2) is 13.6 Å². The zero-order valence-electron chi connectivity index (χ0n) is 4.61. The molecule has 0 amide bonds. The Morgan fingerprint density at radius 1 is 0.889 bits per heavy atom. The molecule has 0 N–H and O–H groups in total. The third kappa shape index (κ3) is 1.05. The second kappa shape index (κ2) is 2.20. The van der Waals surface area contributed by atoms with Crippen LogP contribution >= 0.6 is 0 Å². The highest BCUT2D eigenvalue weighted by Gasteiger charge is 2.29. The van der Waals surface area contributed by atoms with Crippen LogP contribution in [0, 0.1) is 0 Å². The van der Waals surface area contributed by atoms with E-state index in [2.05, 4.69) is 0 Å². The van der Waals surface area contributed by atoms with Crippen molar-refractivity contribution in [1.29, 1.82) is 0 Å². The summed E-state index contributed by atoms with van der Waals surface area (Å²) in [7, 11) is 0. The molecule has 5 heteroatoms. The standard InChI is InChI=1S/C4H6O5/c1-5-3(6-1)9-4-7-2-8-4/h3-4H,1-2H2. The smallest absolute Gasteiger partial charge is 0.279 e. The summed E-state index contributed by atoms with van der Waals surface area (Å²) in [5.74, 6) is 0. The van der Waals surface area contributed by atoms with Gasteiger partial charge in [-0.05, 0) is 0 Å². The molecule has 0 aromatic heterocycles. The zero-order chi connectivity index (χ0) is 6.10. The summed E-state index contributed by atoms with van der Waals surface area (Å²) in [5.41, 5.74) is 0. The average molecular weight is 134 g/mol. The number of ether oxygens (including phenoxy) is 5. The van der Waals surface area contributed by atoms with Gasteiger partial charge < -0.3 is 18.9 Å². The molecule has 0 unspecified atom stereocenters. The Morgan fingerprint density at radius 3 is 1.56 bits per heavy atom. The van der Waals surface area contributed by atoms with Crippen LogP contribution in [-0.2, 0) is 23.7 Å². The molecule has 0 aromatic rings. The third-order valence-electron chi connectivity index (χ3n) is 1.04. The van der Waals surface area contributed by atoms with Crippen molar-refractivity contribution >= 4 is 0 Å². The van der Waals surface area contributed by atoms with E-state index in [1.165, 1.54) is 0 Å². The van der Waals surface area contributed by atoms with E-state index in [-0.39, 0.29) is 13.6 Å². The van der Waals surface area contributed by atoms with Gasteiger partial charge in [0.25, 0.3) is 13.0 Å². The Balaban J connectivity index is 1.64. The lowest BCUT2D eigenvalue weighted by Crippen LogP contribution is -2.42. The molecule has 2 fully saturated rings. The minimum absolute atomic E-state index is 0.289. The molecular formula is C4H6O5. The van der Waals surface area contributed by atoms with Gasteiger partial charge >= 0.3 is 0 Å². The first kappa shape index (κ1) is 5.57. The number of hydrogen-bond acceptors (Lipinski definition) is 5. The maximum Gasteiger partial charge on any atom is 0.279 e. The summed E-state index contributed by atoms with van der Waals surface area (Å²) in [6.45, 7) is -0.597. The molecule has 52 valence electrons. The minimum atomic E-state index is -0.588. The van der Waals surface area contributed by atoms with Crippen molar-refractivity contribution in [1.82, 2.24) is 0 Å². The van der Waals surface area contributed by atoms with Crippen molar-refractivity contribution in [2.24, 2.45) is 0 Å². The first-order chi connectivity index (χ1) is 4.45. The molecule has 5 nitrogen and oxygen atoms in total. The van der Waals surface area contributed by atoms with Gasteiger partial charge in [-0.15, -0.1) is 0 Å². The lowest BCUT2D eigenvalue weighted by Gasteiger charge is -2.33. The van der Waals surface area contributed by atoms with Gasteiger partial charge in [0.1, 0.15) is 0 Å². The second-order valence-corrected chi connectivity index (χ2v) is 1.62. The summed E-state index contributed by atoms with van der Waals surface area (Å²) < 4.78 is 23.8. The van der Waals surface area contributed by atoms with Crippen LogP contribution in [0.2, 0.25) is 0 Å². The zero-order valence-corrected chi connectivity index (χ0v) is 4.61. The van der Waals surface area contributed by atoms with E-state index in [1.807, 2.05) is 0 Å². The van der Waals surface area contributed by atoms with Crippen LogP contribution < -0.4 is 0 Å². The molecule has 0 spiro atoms. The first-order valence-corrected chi connectivity index (χ1v) is 2.57. The molecule has 9 heavy (non-hydrogen) atoms. The average Bonchev–Trinajstić information content (AvgIpc) is 1.57. The highest BCUT2D eigenvalue weighted by Crippen LogP contribution is 2.16. The molecule has 0 radical (unpaired) electrons. The van der Waals surface area contributed by atoms with E-state index in [0.29, 0.717) is 0 Å². The lowest BCUT2D eigenvalue weighted by molar-refractivity contribution is -0.520. The summed E-state index contributed by atoms with van der Waals surface area (Å²) in [6, 6.07) is 0. The van der Waals surface area contributed by atoms with E-state index >= 15 is 0 Å². The van der Waals surface area contributed by atoms with E-state index in [4.69, 9.17) is 23.7 Å². The lowest BCUT2D eigenvalue weighted by atomic mass is 11.0. The maximum absolute atomic E-state index is 4.83. The molecule has 0 aromatic carbocycles. The summed E-state index contributed by atoms with van der Waals surface area (Å²) >= 11 is 0. The molecule has 0 bridgehead atoms. The van der Waals surface area contributed by atoms with Crippen LogP contribution in [0.1, 0.15) is 0 Å². The molecule has 0 saturated carbocycles. The predicted octanol–water partition coefficient (Wildman–Crippen LogP) is -0.421. The monoisotopic (exact) mass is 134 g/mol. The Kier molecular flexibility index (Phi) is 1.36. The SMILES string of the molecule is C1OC(OC2OCO2)O1. The normalized spacial score (nSPS) is 29.3. The molecule has 0 aliphatic carbocycles. The van der Waals surface area contributed by atoms with Gasteiger partial charge in [-0.1, -0.05) is 0 Å². The Morgan fingerprint density at radius 2 is 1.33 bits per heavy atom. The van der Waals surface area contributed by atoms with Crippen molar-refractivity contribution in [2.45, 2.75) is 13.0 Å². The van der Waals surface area contributed by atoms with E-state index in [1.54, 1.807) is 0 Å². The van der Waals surface area contributed by atoms with Crippen molar-refractivity contribution in [3.8, 4) is 0 Å². The highest BCUT2D eigenvalue weighted by atomic mass is 17.0. The van der Waals surface area contributed by atoms with Crippen LogP contribution in [-0.4, -0.2) is 26.5 Å². The van der Waals surface area contributed by atoms with E-state index in [9.17, 15) is 0 Å². The maximum atomic E-state index is 4.83. The van der Waals surface area contributed by atoms with Crippen LogP contribution in [0.3, 0.4) is 0 Å². The molecule has 2 aliphatic rings. The fourth-order valence-corrected chi connectivity index (χ4v) is 0.495. The largest absolute Gasteiger partial charge is 0.303 e. The van der Waals surface area contributed by atoms with Gasteiger partial charge in [-0.3, -0.25) is 4.74 Å². The van der Waals surface area contributed by atoms with Crippen molar-refractivity contribution in [3.63, 3.8) is 0 Å². The molecule has 2 saturated heterocycles. The summed E-state index contributed by atoms with van der Waals surface area (Å²) in [6.07, 6.45) is 0. The van der Waals surface area contributed by atoms with Crippen molar-refractivity contribution < 1.29 is 23.7 Å². The Bertz CT molecular complexity index is 85.1. The number of hydrogen-bond donors (Lipinski definition) is 0. The van der Waals surface area contributed by atoms with Gasteiger partial charge in [-0.25, -0.2) is 0 Å². The van der Waals surface area contributed by atoms with Gasteiger partial charge in [0.2, 0.25) is 0 Å². The molecule has 2 heterocycles. The van der Waals surface area contributed by atoms with Crippen LogP contribution in [0.15, 0.2) is 0 Å². The topological polar surface area (TPSA) is 46.2 Å². The number of rotatable bonds is 2. The van der Waals surface area contributed by atoms with Crippen LogP contribution in [0.5, 0.6) is 0 Å². The van der Waals surface area contributed by atoms with Gasteiger partial charge in [0.05, 0.1) is 0 Å². The summed E-state index contributed by atoms with van der Waals surface area (Å²) in [4.78, 5) is 0. The minimum Gasteiger partial charge on any atom is -0.303 e. The highest BCUT2D eigenvalue weighted by molar-refractivity contribution is 4.35. The van der Waals surface area contributed by atoms with Gasteiger partial charge in [0, 0.05) is 0 Å². The Hall–Kier alpha value is -0.200. The predicted molar refractivity (Wildman–Crippen MR) is 22.7 cm³/mol. The van der Waals surface area contributed by atoms with E-state index in [0.717, 1.165) is 0 Å². The van der Waals surface area contributed by atoms with Crippen molar-refractivity contribution in [3.05, 3.63) is 0 Å². The summed E-state index contributed by atoms with van der Waals surface area (Å²) in [5, 5.41) is 0. The van der Waals surface area contributed by atoms with Crippen LogP contribution in [0.4, 0.5) is 0 Å². The van der Waals surface area contributed by atoms with E-state index < -0.39 is 13.0 Å². The molecular weight excluding hydrogens is 128 g/mol.